The molecule has 1 aliphatic heterocycles. The second kappa shape index (κ2) is 6.68. The smallest absolute Gasteiger partial charge is 0.0357 e. The first-order valence-corrected chi connectivity index (χ1v) is 8.46. The number of benzene rings is 1. The zero-order valence-corrected chi connectivity index (χ0v) is 13.6. The minimum absolute atomic E-state index is 0. The van der Waals surface area contributed by atoms with Crippen LogP contribution in [0.4, 0.5) is 0 Å². The number of piperidine rings is 1. The second-order valence-corrected chi connectivity index (χ2v) is 6.87. The zero-order chi connectivity index (χ0) is 13.4. The van der Waals surface area contributed by atoms with Crippen LogP contribution in [0, 0.1) is 5.92 Å². The highest BCUT2D eigenvalue weighted by Crippen LogP contribution is 2.42. The topological polar surface area (TPSA) is 15.3 Å². The van der Waals surface area contributed by atoms with Gasteiger partial charge in [-0.3, -0.25) is 4.90 Å². The van der Waals surface area contributed by atoms with E-state index in [-0.39, 0.29) is 12.4 Å². The first-order valence-electron chi connectivity index (χ1n) is 8.46. The molecular weight excluding hydrogens is 280 g/mol. The summed E-state index contributed by atoms with van der Waals surface area (Å²) >= 11 is 0. The van der Waals surface area contributed by atoms with Gasteiger partial charge in [-0.15, -0.1) is 12.4 Å². The fourth-order valence-corrected chi connectivity index (χ4v) is 4.18. The van der Waals surface area contributed by atoms with E-state index in [1.54, 1.807) is 11.1 Å². The van der Waals surface area contributed by atoms with Crippen molar-refractivity contribution in [3.63, 3.8) is 0 Å². The summed E-state index contributed by atoms with van der Waals surface area (Å²) < 4.78 is 0. The second-order valence-electron chi connectivity index (χ2n) is 6.87. The maximum absolute atomic E-state index is 3.50. The minimum atomic E-state index is 0. The van der Waals surface area contributed by atoms with E-state index in [9.17, 15) is 0 Å². The third kappa shape index (κ3) is 3.28. The first-order chi connectivity index (χ1) is 9.92. The molecular formula is C18H27ClN2. The van der Waals surface area contributed by atoms with E-state index < -0.39 is 0 Å². The van der Waals surface area contributed by atoms with Crippen LogP contribution in [-0.2, 0) is 6.42 Å². The number of rotatable bonds is 4. The molecule has 1 saturated heterocycles. The van der Waals surface area contributed by atoms with E-state index in [2.05, 4.69) is 34.5 Å². The molecule has 1 aromatic rings. The van der Waals surface area contributed by atoms with Crippen molar-refractivity contribution in [3.8, 4) is 0 Å². The van der Waals surface area contributed by atoms with Crippen LogP contribution in [0.15, 0.2) is 24.3 Å². The third-order valence-corrected chi connectivity index (χ3v) is 5.45. The molecule has 1 saturated carbocycles. The van der Waals surface area contributed by atoms with Crippen LogP contribution in [0.2, 0.25) is 0 Å². The van der Waals surface area contributed by atoms with Crippen molar-refractivity contribution < 1.29 is 0 Å². The Labute approximate surface area is 134 Å². The Morgan fingerprint density at radius 3 is 2.52 bits per heavy atom. The maximum atomic E-state index is 3.50. The van der Waals surface area contributed by atoms with Gasteiger partial charge >= 0.3 is 0 Å². The van der Waals surface area contributed by atoms with Crippen LogP contribution < -0.4 is 5.32 Å². The largest absolute Gasteiger partial charge is 0.317 e. The lowest BCUT2D eigenvalue weighted by molar-refractivity contribution is 0.142. The minimum Gasteiger partial charge on any atom is -0.317 e. The number of aryl methyl sites for hydroxylation is 1. The van der Waals surface area contributed by atoms with Crippen molar-refractivity contribution in [2.45, 2.75) is 50.6 Å². The molecule has 0 bridgehead atoms. The lowest BCUT2D eigenvalue weighted by atomic mass is 9.96. The number of hydrogen-bond acceptors (Lipinski definition) is 2. The normalized spacial score (nSPS) is 25.7. The van der Waals surface area contributed by atoms with Crippen molar-refractivity contribution in [1.29, 1.82) is 0 Å². The predicted octanol–water partition coefficient (Wildman–Crippen LogP) is 3.56. The van der Waals surface area contributed by atoms with Gasteiger partial charge in [0.2, 0.25) is 0 Å². The van der Waals surface area contributed by atoms with Gasteiger partial charge < -0.3 is 5.32 Å². The molecule has 2 nitrogen and oxygen atoms in total. The van der Waals surface area contributed by atoms with Crippen LogP contribution in [0.5, 0.6) is 0 Å². The monoisotopic (exact) mass is 306 g/mol. The standard InChI is InChI=1S/C18H26N2.ClH/c1-2-4-17-15(3-1)5-8-18(17)20(16-6-7-16)13-14-9-11-19-12-10-14;/h1-4,14,16,18-19H,5-13H2;1H. The van der Waals surface area contributed by atoms with E-state index in [0.29, 0.717) is 6.04 Å². The predicted molar refractivity (Wildman–Crippen MR) is 90.1 cm³/mol. The van der Waals surface area contributed by atoms with Gasteiger partial charge in [0.1, 0.15) is 0 Å². The fourth-order valence-electron chi connectivity index (χ4n) is 4.18. The van der Waals surface area contributed by atoms with Gasteiger partial charge in [0.25, 0.3) is 0 Å². The Kier molecular flexibility index (Phi) is 4.88. The molecule has 1 unspecified atom stereocenters. The summed E-state index contributed by atoms with van der Waals surface area (Å²) in [6, 6.07) is 10.8. The van der Waals surface area contributed by atoms with E-state index in [1.807, 2.05) is 0 Å². The summed E-state index contributed by atoms with van der Waals surface area (Å²) in [5, 5.41) is 3.50. The number of fused-ring (bicyclic) bond motifs is 1. The Balaban J connectivity index is 0.00000132. The van der Waals surface area contributed by atoms with Crippen molar-refractivity contribution >= 4 is 12.4 Å². The van der Waals surface area contributed by atoms with Gasteiger partial charge in [0.05, 0.1) is 0 Å². The van der Waals surface area contributed by atoms with Crippen molar-refractivity contribution in [3.05, 3.63) is 35.4 Å². The van der Waals surface area contributed by atoms with E-state index in [4.69, 9.17) is 0 Å². The molecule has 1 heterocycles. The summed E-state index contributed by atoms with van der Waals surface area (Å²) in [5.74, 6) is 0.921. The molecule has 1 N–H and O–H groups in total. The number of halogens is 1. The Bertz CT molecular complexity index is 466. The molecule has 0 radical (unpaired) electrons. The molecule has 116 valence electrons. The quantitative estimate of drug-likeness (QED) is 0.915. The molecule has 1 atom stereocenters. The highest BCUT2D eigenvalue weighted by molar-refractivity contribution is 5.85. The summed E-state index contributed by atoms with van der Waals surface area (Å²) in [4.78, 5) is 2.88. The Morgan fingerprint density at radius 2 is 1.76 bits per heavy atom. The third-order valence-electron chi connectivity index (χ3n) is 5.45. The summed E-state index contributed by atoms with van der Waals surface area (Å²) in [6.07, 6.45) is 8.25. The van der Waals surface area contributed by atoms with Gasteiger partial charge in [0.15, 0.2) is 0 Å². The van der Waals surface area contributed by atoms with Gasteiger partial charge in [-0.05, 0) is 68.7 Å². The van der Waals surface area contributed by atoms with Crippen LogP contribution >= 0.6 is 12.4 Å². The van der Waals surface area contributed by atoms with Crippen molar-refractivity contribution in [2.24, 2.45) is 5.92 Å². The fraction of sp³-hybridized carbons (Fsp3) is 0.667. The van der Waals surface area contributed by atoms with Crippen LogP contribution in [-0.4, -0.2) is 30.6 Å². The summed E-state index contributed by atoms with van der Waals surface area (Å²) in [7, 11) is 0. The lowest BCUT2D eigenvalue weighted by Crippen LogP contribution is -2.38. The average molecular weight is 307 g/mol. The lowest BCUT2D eigenvalue weighted by Gasteiger charge is -2.34. The zero-order valence-electron chi connectivity index (χ0n) is 12.8. The first kappa shape index (κ1) is 15.3. The molecule has 4 rings (SSSR count). The molecule has 0 amide bonds. The number of nitrogens with zero attached hydrogens (tertiary/aromatic N) is 1. The molecule has 0 spiro atoms. The summed E-state index contributed by atoms with van der Waals surface area (Å²) in [6.45, 7) is 3.79. The van der Waals surface area contributed by atoms with Gasteiger partial charge in [0, 0.05) is 18.6 Å². The van der Waals surface area contributed by atoms with Crippen molar-refractivity contribution in [2.75, 3.05) is 19.6 Å². The molecule has 21 heavy (non-hydrogen) atoms. The molecule has 3 aliphatic rings. The molecule has 1 aromatic carbocycles. The molecule has 0 aromatic heterocycles. The summed E-state index contributed by atoms with van der Waals surface area (Å²) in [5.41, 5.74) is 3.24. The Morgan fingerprint density at radius 1 is 1.00 bits per heavy atom. The SMILES string of the molecule is Cl.c1ccc2c(c1)CCC2N(CC1CCNCC1)C1CC1. The van der Waals surface area contributed by atoms with Crippen molar-refractivity contribution in [1.82, 2.24) is 10.2 Å². The van der Waals surface area contributed by atoms with Gasteiger partial charge in [-0.1, -0.05) is 24.3 Å². The maximum Gasteiger partial charge on any atom is 0.0357 e. The molecule has 2 aliphatic carbocycles. The van der Waals surface area contributed by atoms with Gasteiger partial charge in [-0.2, -0.15) is 0 Å². The van der Waals surface area contributed by atoms with Crippen LogP contribution in [0.25, 0.3) is 0 Å². The van der Waals surface area contributed by atoms with Crippen LogP contribution in [0.1, 0.15) is 49.3 Å². The highest BCUT2D eigenvalue weighted by atomic mass is 35.5. The van der Waals surface area contributed by atoms with Crippen LogP contribution in [0.3, 0.4) is 0 Å². The van der Waals surface area contributed by atoms with E-state index in [0.717, 1.165) is 12.0 Å². The Hall–Kier alpha value is -0.570. The molecule has 2 fully saturated rings. The van der Waals surface area contributed by atoms with Gasteiger partial charge in [-0.25, -0.2) is 0 Å². The number of nitrogens with one attached hydrogen (secondary N) is 1. The highest BCUT2D eigenvalue weighted by Gasteiger charge is 2.38. The average Bonchev–Trinajstić information content (AvgIpc) is 3.25. The van der Waals surface area contributed by atoms with E-state index in [1.165, 1.54) is 58.2 Å². The number of hydrogen-bond donors (Lipinski definition) is 1. The van der Waals surface area contributed by atoms with E-state index >= 15 is 0 Å². The molecule has 3 heteroatoms.